The van der Waals surface area contributed by atoms with Crippen LogP contribution in [0.25, 0.3) is 0 Å². The summed E-state index contributed by atoms with van der Waals surface area (Å²) in [5, 5.41) is 0. The Morgan fingerprint density at radius 2 is 1.33 bits per heavy atom. The lowest BCUT2D eigenvalue weighted by atomic mass is 11.1. The molecule has 2 nitrogen and oxygen atoms in total. The Labute approximate surface area is 85.5 Å². The van der Waals surface area contributed by atoms with E-state index in [1.54, 1.807) is 0 Å². The average Bonchev–Trinajstić information content (AvgIpc) is 1.79. The van der Waals surface area contributed by atoms with E-state index in [2.05, 4.69) is 63.7 Å². The van der Waals surface area contributed by atoms with Crippen molar-refractivity contribution in [3.8, 4) is 0 Å². The Hall–Kier alpha value is 1.26. The fourth-order valence-electron chi connectivity index (χ4n) is 0.310. The summed E-state index contributed by atoms with van der Waals surface area (Å²) < 4.78 is 10.2. The predicted molar refractivity (Wildman–Crippen MR) is 47.6 cm³/mol. The van der Waals surface area contributed by atoms with Crippen LogP contribution in [0.1, 0.15) is 0 Å². The molecule has 0 aliphatic carbocycles. The van der Waals surface area contributed by atoms with E-state index >= 15 is 0 Å². The molecule has 1 heterocycles. The molecule has 0 fully saturated rings. The highest BCUT2D eigenvalue weighted by atomic mass is 79.9. The minimum Gasteiger partial charge on any atom is -0.423 e. The van der Waals surface area contributed by atoms with Crippen molar-refractivity contribution in [2.75, 3.05) is 0 Å². The van der Waals surface area contributed by atoms with Crippen molar-refractivity contribution >= 4 is 63.7 Å². The van der Waals surface area contributed by atoms with E-state index in [1.807, 2.05) is 0 Å². The van der Waals surface area contributed by atoms with Crippen LogP contribution in [0, 0.1) is 0 Å². The highest BCUT2D eigenvalue weighted by Gasteiger charge is 2.36. The summed E-state index contributed by atoms with van der Waals surface area (Å²) >= 11 is 12.4. The van der Waals surface area contributed by atoms with E-state index < -0.39 is 3.61 Å². The van der Waals surface area contributed by atoms with Gasteiger partial charge in [-0.1, -0.05) is 0 Å². The minimum atomic E-state index is -0.905. The molecule has 0 radical (unpaired) electrons. The second kappa shape index (κ2) is 2.71. The quantitative estimate of drug-likeness (QED) is 0.594. The Kier molecular flexibility index (Phi) is 2.52. The van der Waals surface area contributed by atoms with Gasteiger partial charge in [0.05, 0.1) is 0 Å². The summed E-state index contributed by atoms with van der Waals surface area (Å²) in [6.45, 7) is 0. The molecule has 0 aromatic rings. The lowest BCUT2D eigenvalue weighted by Crippen LogP contribution is -2.10. The fourth-order valence-corrected chi connectivity index (χ4v) is 2.44. The summed E-state index contributed by atoms with van der Waals surface area (Å²) in [5.41, 5.74) is 0. The third-order valence-electron chi connectivity index (χ3n) is 0.571. The van der Waals surface area contributed by atoms with E-state index in [4.69, 9.17) is 9.47 Å². The Balaban J connectivity index is 2.70. The topological polar surface area (TPSA) is 18.5 Å². The van der Waals surface area contributed by atoms with Crippen molar-refractivity contribution in [1.82, 2.24) is 0 Å². The van der Waals surface area contributed by atoms with Gasteiger partial charge in [0, 0.05) is 31.9 Å². The molecule has 6 heteroatoms. The van der Waals surface area contributed by atoms with E-state index in [0.717, 1.165) is 0 Å². The Bertz CT molecular complexity index is 147. The first-order chi connectivity index (χ1) is 4.01. The molecule has 0 unspecified atom stereocenters. The van der Waals surface area contributed by atoms with Gasteiger partial charge in [0.2, 0.25) is 9.34 Å². The van der Waals surface area contributed by atoms with Gasteiger partial charge in [-0.05, 0) is 31.9 Å². The second-order valence-electron chi connectivity index (χ2n) is 1.21. The van der Waals surface area contributed by atoms with Gasteiger partial charge in [-0.25, -0.2) is 0 Å². The number of hydrogen-bond donors (Lipinski definition) is 0. The van der Waals surface area contributed by atoms with Crippen molar-refractivity contribution in [3.63, 3.8) is 0 Å². The highest BCUT2D eigenvalue weighted by Crippen LogP contribution is 2.44. The molecule has 0 N–H and O–H groups in total. The molecule has 0 saturated heterocycles. The van der Waals surface area contributed by atoms with Gasteiger partial charge in [0.25, 0.3) is 0 Å². The van der Waals surface area contributed by atoms with Crippen LogP contribution in [0.3, 0.4) is 0 Å². The number of rotatable bonds is 0. The van der Waals surface area contributed by atoms with Crippen molar-refractivity contribution in [3.05, 3.63) is 9.34 Å². The molecule has 1 aliphatic heterocycles. The van der Waals surface area contributed by atoms with Gasteiger partial charge in [0.15, 0.2) is 0 Å². The molecule has 1 aliphatic rings. The largest absolute Gasteiger partial charge is 0.423 e. The molecule has 1 rings (SSSR count). The van der Waals surface area contributed by atoms with Gasteiger partial charge >= 0.3 is 3.61 Å². The lowest BCUT2D eigenvalue weighted by molar-refractivity contribution is 0.0324. The van der Waals surface area contributed by atoms with Crippen molar-refractivity contribution in [2.24, 2.45) is 0 Å². The van der Waals surface area contributed by atoms with Gasteiger partial charge in [0.1, 0.15) is 0 Å². The maximum atomic E-state index is 5.02. The maximum Gasteiger partial charge on any atom is 0.369 e. The molecule has 0 atom stereocenters. The summed E-state index contributed by atoms with van der Waals surface area (Å²) in [5.74, 6) is 0. The van der Waals surface area contributed by atoms with Crippen LogP contribution >= 0.6 is 63.7 Å². The van der Waals surface area contributed by atoms with Crippen LogP contribution in [0.2, 0.25) is 0 Å². The van der Waals surface area contributed by atoms with Crippen molar-refractivity contribution < 1.29 is 9.47 Å². The molecular weight excluding hydrogens is 388 g/mol. The molecule has 0 amide bonds. The normalized spacial score (nSPS) is 23.6. The molecule has 52 valence electrons. The van der Waals surface area contributed by atoms with Crippen LogP contribution < -0.4 is 0 Å². The van der Waals surface area contributed by atoms with E-state index in [-0.39, 0.29) is 0 Å². The third-order valence-corrected chi connectivity index (χ3v) is 2.79. The zero-order chi connectivity index (χ0) is 7.07. The van der Waals surface area contributed by atoms with Crippen molar-refractivity contribution in [2.45, 2.75) is 3.61 Å². The smallest absolute Gasteiger partial charge is 0.369 e. The molecule has 0 aromatic carbocycles. The fraction of sp³-hybridized carbons (Fsp3) is 0.333. The second-order valence-corrected chi connectivity index (χ2v) is 5.81. The van der Waals surface area contributed by atoms with E-state index in [9.17, 15) is 0 Å². The van der Waals surface area contributed by atoms with Crippen LogP contribution in [0.5, 0.6) is 0 Å². The van der Waals surface area contributed by atoms with E-state index in [1.165, 1.54) is 0 Å². The first-order valence-electron chi connectivity index (χ1n) is 1.82. The van der Waals surface area contributed by atoms with Gasteiger partial charge in [-0.3, -0.25) is 0 Å². The predicted octanol–water partition coefficient (Wildman–Crippen LogP) is 3.35. The lowest BCUT2D eigenvalue weighted by Gasteiger charge is -2.11. The average molecular weight is 388 g/mol. The van der Waals surface area contributed by atoms with E-state index in [0.29, 0.717) is 9.34 Å². The van der Waals surface area contributed by atoms with Gasteiger partial charge in [-0.15, -0.1) is 0 Å². The van der Waals surface area contributed by atoms with Crippen LogP contribution in [-0.2, 0) is 9.47 Å². The molecular formula is C3Br4O2. The summed E-state index contributed by atoms with van der Waals surface area (Å²) in [6.07, 6.45) is 0. The zero-order valence-corrected chi connectivity index (χ0v) is 10.2. The molecule has 9 heavy (non-hydrogen) atoms. The number of hydrogen-bond acceptors (Lipinski definition) is 2. The SMILES string of the molecule is BrC1=C(Br)OC(Br)(Br)O1. The van der Waals surface area contributed by atoms with Gasteiger partial charge < -0.3 is 9.47 Å². The third kappa shape index (κ3) is 2.10. The molecule has 0 spiro atoms. The zero-order valence-electron chi connectivity index (χ0n) is 3.83. The monoisotopic (exact) mass is 384 g/mol. The number of alkyl halides is 2. The first-order valence-corrected chi connectivity index (χ1v) is 4.99. The van der Waals surface area contributed by atoms with Crippen molar-refractivity contribution in [1.29, 1.82) is 0 Å². The molecule has 0 saturated carbocycles. The Morgan fingerprint density at radius 1 is 1.00 bits per heavy atom. The summed E-state index contributed by atoms with van der Waals surface area (Å²) in [4.78, 5) is 0. The van der Waals surface area contributed by atoms with Crippen LogP contribution in [0.15, 0.2) is 9.34 Å². The molecule has 0 bridgehead atoms. The van der Waals surface area contributed by atoms with Crippen LogP contribution in [-0.4, -0.2) is 3.61 Å². The van der Waals surface area contributed by atoms with Crippen LogP contribution in [0.4, 0.5) is 0 Å². The van der Waals surface area contributed by atoms with Gasteiger partial charge in [-0.2, -0.15) is 0 Å². The summed E-state index contributed by atoms with van der Waals surface area (Å²) in [6, 6.07) is 0. The first kappa shape index (κ1) is 8.36. The number of halogens is 4. The Morgan fingerprint density at radius 3 is 1.44 bits per heavy atom. The molecule has 0 aromatic heterocycles. The highest BCUT2D eigenvalue weighted by molar-refractivity contribution is 9.25. The number of ether oxygens (including phenoxy) is 2. The summed E-state index contributed by atoms with van der Waals surface area (Å²) in [7, 11) is 0. The maximum absolute atomic E-state index is 5.02. The standard InChI is InChI=1S/C3Br4O2/c4-1-2(5)9-3(6,7)8-1. The minimum absolute atomic E-state index is 0.524.